The highest BCUT2D eigenvalue weighted by molar-refractivity contribution is 7.89. The molecule has 3 atom stereocenters. The molecule has 2 fully saturated rings. The topological polar surface area (TPSA) is 68.3 Å². The number of rotatable bonds is 2. The lowest BCUT2D eigenvalue weighted by molar-refractivity contribution is 0.260. The summed E-state index contributed by atoms with van der Waals surface area (Å²) in [6.07, 6.45) is 3.23. The van der Waals surface area contributed by atoms with Crippen LogP contribution in [0.25, 0.3) is 10.9 Å². The number of benzene rings is 1. The van der Waals surface area contributed by atoms with Crippen LogP contribution in [0, 0.1) is 18.8 Å². The fourth-order valence-electron chi connectivity index (χ4n) is 4.61. The highest BCUT2D eigenvalue weighted by atomic mass is 32.2. The van der Waals surface area contributed by atoms with Crippen LogP contribution in [0.1, 0.15) is 25.0 Å². The first-order chi connectivity index (χ1) is 11.4. The summed E-state index contributed by atoms with van der Waals surface area (Å²) in [7, 11) is -1.57. The fraction of sp³-hybridized carbons (Fsp3) is 0.556. The van der Waals surface area contributed by atoms with Gasteiger partial charge in [0.05, 0.1) is 0 Å². The van der Waals surface area contributed by atoms with Crippen molar-refractivity contribution in [3.05, 3.63) is 30.0 Å². The number of fused-ring (bicyclic) bond motifs is 2. The second-order valence-electron chi connectivity index (χ2n) is 7.33. The number of hydrogen-bond donors (Lipinski definition) is 1. The third kappa shape index (κ3) is 2.24. The number of nitrogens with two attached hydrogens (primary N) is 1. The number of para-hydroxylation sites is 1. The number of hydrogen-bond acceptors (Lipinski definition) is 3. The summed E-state index contributed by atoms with van der Waals surface area (Å²) in [5.74, 6) is 0.725. The maximum atomic E-state index is 13.4. The summed E-state index contributed by atoms with van der Waals surface area (Å²) in [5.41, 5.74) is 8.02. The monoisotopic (exact) mass is 347 g/mol. The first kappa shape index (κ1) is 16.1. The summed E-state index contributed by atoms with van der Waals surface area (Å²) in [6, 6.07) is 7.87. The molecule has 1 saturated carbocycles. The van der Waals surface area contributed by atoms with Crippen molar-refractivity contribution in [2.24, 2.45) is 24.6 Å². The Balaban J connectivity index is 1.78. The molecule has 1 aromatic heterocycles. The quantitative estimate of drug-likeness (QED) is 0.906. The van der Waals surface area contributed by atoms with Gasteiger partial charge in [0.15, 0.2) is 0 Å². The van der Waals surface area contributed by atoms with Gasteiger partial charge in [-0.25, -0.2) is 8.42 Å². The predicted octanol–water partition coefficient (Wildman–Crippen LogP) is 2.23. The van der Waals surface area contributed by atoms with Gasteiger partial charge in [-0.15, -0.1) is 0 Å². The second-order valence-corrected chi connectivity index (χ2v) is 9.21. The molecular formula is C18H25N3O2S. The summed E-state index contributed by atoms with van der Waals surface area (Å²) in [4.78, 5) is 0.466. The van der Waals surface area contributed by atoms with Gasteiger partial charge in [0.25, 0.3) is 0 Å². The number of nitrogens with zero attached hydrogens (tertiary/aromatic N) is 2. The first-order valence-electron chi connectivity index (χ1n) is 8.71. The van der Waals surface area contributed by atoms with Crippen molar-refractivity contribution in [2.45, 2.75) is 37.1 Å². The van der Waals surface area contributed by atoms with Gasteiger partial charge in [-0.3, -0.25) is 0 Å². The highest BCUT2D eigenvalue weighted by Gasteiger charge is 2.44. The van der Waals surface area contributed by atoms with Crippen LogP contribution in [-0.4, -0.2) is 36.4 Å². The van der Waals surface area contributed by atoms with Crippen molar-refractivity contribution < 1.29 is 8.42 Å². The average molecular weight is 347 g/mol. The zero-order chi connectivity index (χ0) is 17.1. The van der Waals surface area contributed by atoms with Gasteiger partial charge in [-0.05, 0) is 37.7 Å². The molecule has 24 heavy (non-hydrogen) atoms. The van der Waals surface area contributed by atoms with Crippen LogP contribution in [0.2, 0.25) is 0 Å². The van der Waals surface area contributed by atoms with Gasteiger partial charge in [0.1, 0.15) is 4.90 Å². The Bertz CT molecular complexity index is 887. The van der Waals surface area contributed by atoms with Crippen molar-refractivity contribution >= 4 is 20.9 Å². The van der Waals surface area contributed by atoms with Gasteiger partial charge in [0.2, 0.25) is 10.0 Å². The van der Waals surface area contributed by atoms with Gasteiger partial charge >= 0.3 is 0 Å². The van der Waals surface area contributed by atoms with E-state index in [2.05, 4.69) is 0 Å². The zero-order valence-electron chi connectivity index (χ0n) is 14.3. The van der Waals surface area contributed by atoms with Gasteiger partial charge in [0, 0.05) is 42.8 Å². The smallest absolute Gasteiger partial charge is 0.245 e. The lowest BCUT2D eigenvalue weighted by atomic mass is 9.78. The molecule has 2 aromatic rings. The van der Waals surface area contributed by atoms with Crippen LogP contribution in [0.3, 0.4) is 0 Å². The first-order valence-corrected chi connectivity index (χ1v) is 10.1. The molecule has 1 saturated heterocycles. The molecule has 1 aliphatic carbocycles. The Morgan fingerprint density at radius 1 is 1.17 bits per heavy atom. The van der Waals surface area contributed by atoms with E-state index in [-0.39, 0.29) is 6.04 Å². The minimum absolute atomic E-state index is 0.137. The van der Waals surface area contributed by atoms with E-state index in [9.17, 15) is 8.42 Å². The van der Waals surface area contributed by atoms with E-state index in [1.54, 1.807) is 4.31 Å². The Morgan fingerprint density at radius 2 is 1.92 bits per heavy atom. The van der Waals surface area contributed by atoms with Crippen molar-refractivity contribution in [3.63, 3.8) is 0 Å². The van der Waals surface area contributed by atoms with Gasteiger partial charge < -0.3 is 10.3 Å². The van der Waals surface area contributed by atoms with Crippen LogP contribution in [-0.2, 0) is 17.1 Å². The molecule has 1 aliphatic heterocycles. The lowest BCUT2D eigenvalue weighted by Gasteiger charge is -2.29. The zero-order valence-corrected chi connectivity index (χ0v) is 15.1. The van der Waals surface area contributed by atoms with Crippen LogP contribution in [0.5, 0.6) is 0 Å². The second kappa shape index (κ2) is 5.58. The van der Waals surface area contributed by atoms with Crippen LogP contribution in [0.4, 0.5) is 0 Å². The van der Waals surface area contributed by atoms with E-state index in [1.165, 1.54) is 0 Å². The summed E-state index contributed by atoms with van der Waals surface area (Å²) in [5, 5.41) is 0.816. The summed E-state index contributed by atoms with van der Waals surface area (Å²) >= 11 is 0. The molecule has 5 nitrogen and oxygen atoms in total. The molecule has 0 bridgehead atoms. The van der Waals surface area contributed by atoms with E-state index in [0.29, 0.717) is 29.8 Å². The van der Waals surface area contributed by atoms with E-state index in [0.717, 1.165) is 35.9 Å². The van der Waals surface area contributed by atoms with Crippen LogP contribution < -0.4 is 5.73 Å². The fourth-order valence-corrected chi connectivity index (χ4v) is 6.59. The van der Waals surface area contributed by atoms with E-state index < -0.39 is 10.0 Å². The van der Waals surface area contributed by atoms with Crippen LogP contribution >= 0.6 is 0 Å². The van der Waals surface area contributed by atoms with Crippen molar-refractivity contribution in [2.75, 3.05) is 13.1 Å². The molecule has 2 heterocycles. The van der Waals surface area contributed by atoms with Crippen LogP contribution in [0.15, 0.2) is 29.2 Å². The van der Waals surface area contributed by atoms with E-state index >= 15 is 0 Å². The van der Waals surface area contributed by atoms with E-state index in [4.69, 9.17) is 5.73 Å². The third-order valence-electron chi connectivity index (χ3n) is 6.06. The number of aryl methyl sites for hydroxylation is 1. The molecule has 3 unspecified atom stereocenters. The average Bonchev–Trinajstić information content (AvgIpc) is 3.10. The minimum atomic E-state index is -3.50. The normalized spacial score (nSPS) is 28.4. The molecular weight excluding hydrogens is 322 g/mol. The standard InChI is InChI=1S/C18H25N3O2S/c1-12-18(14-7-3-4-9-17(14)20(12)2)24(22,23)21-10-13-6-5-8-16(19)15(13)11-21/h3-4,7,9,13,15-16H,5-6,8,10-11,19H2,1-2H3. The number of aromatic nitrogens is 1. The largest absolute Gasteiger partial charge is 0.347 e. The summed E-state index contributed by atoms with van der Waals surface area (Å²) in [6.45, 7) is 3.07. The molecule has 0 spiro atoms. The Hall–Kier alpha value is -1.37. The SMILES string of the molecule is Cc1c(S(=O)(=O)N2CC3CCCC(N)C3C2)c2ccccc2n1C. The molecule has 1 aromatic carbocycles. The Labute approximate surface area is 143 Å². The van der Waals surface area contributed by atoms with E-state index in [1.807, 2.05) is 42.8 Å². The van der Waals surface area contributed by atoms with Gasteiger partial charge in [-0.1, -0.05) is 24.6 Å². The minimum Gasteiger partial charge on any atom is -0.347 e. The molecule has 0 radical (unpaired) electrons. The maximum absolute atomic E-state index is 13.4. The molecule has 2 aliphatic rings. The molecule has 130 valence electrons. The predicted molar refractivity (Wildman–Crippen MR) is 95.2 cm³/mol. The van der Waals surface area contributed by atoms with Crippen molar-refractivity contribution in [1.29, 1.82) is 0 Å². The molecule has 4 rings (SSSR count). The van der Waals surface area contributed by atoms with Crippen molar-refractivity contribution in [1.82, 2.24) is 8.87 Å². The summed E-state index contributed by atoms with van der Waals surface area (Å²) < 4.78 is 30.5. The Kier molecular flexibility index (Phi) is 3.74. The maximum Gasteiger partial charge on any atom is 0.245 e. The molecule has 0 amide bonds. The number of sulfonamides is 1. The molecule has 2 N–H and O–H groups in total. The van der Waals surface area contributed by atoms with Gasteiger partial charge in [-0.2, -0.15) is 4.31 Å². The Morgan fingerprint density at radius 3 is 2.67 bits per heavy atom. The third-order valence-corrected chi connectivity index (χ3v) is 8.07. The molecule has 6 heteroatoms. The highest BCUT2D eigenvalue weighted by Crippen LogP contribution is 2.39. The lowest BCUT2D eigenvalue weighted by Crippen LogP contribution is -2.38. The van der Waals surface area contributed by atoms with Crippen molar-refractivity contribution in [3.8, 4) is 0 Å².